The van der Waals surface area contributed by atoms with Crippen molar-refractivity contribution >= 4 is 18.0 Å². The summed E-state index contributed by atoms with van der Waals surface area (Å²) < 4.78 is 1.48. The Hall–Kier alpha value is -2.94. The van der Waals surface area contributed by atoms with E-state index in [1.54, 1.807) is 0 Å². The Balaban J connectivity index is 1.74. The maximum atomic E-state index is 11.2. The maximum absolute atomic E-state index is 11.2. The third-order valence-electron chi connectivity index (χ3n) is 2.81. The molecule has 0 unspecified atom stereocenters. The highest BCUT2D eigenvalue weighted by Gasteiger charge is 2.04. The third kappa shape index (κ3) is 4.04. The first-order valence-electron chi connectivity index (χ1n) is 6.65. The second-order valence-electron chi connectivity index (χ2n) is 4.52. The van der Waals surface area contributed by atoms with Gasteiger partial charge in [-0.15, -0.1) is 10.2 Å². The van der Waals surface area contributed by atoms with Crippen LogP contribution in [-0.4, -0.2) is 31.1 Å². The van der Waals surface area contributed by atoms with E-state index in [2.05, 4.69) is 25.3 Å². The van der Waals surface area contributed by atoms with E-state index in [9.17, 15) is 9.59 Å². The number of aromatic nitrogens is 5. The van der Waals surface area contributed by atoms with Crippen LogP contribution in [0, 0.1) is 0 Å². The Labute approximate surface area is 134 Å². The van der Waals surface area contributed by atoms with E-state index in [4.69, 9.17) is 0 Å². The van der Waals surface area contributed by atoms with Crippen molar-refractivity contribution in [1.29, 1.82) is 0 Å². The zero-order valence-corrected chi connectivity index (χ0v) is 12.7. The molecule has 0 bridgehead atoms. The summed E-state index contributed by atoms with van der Waals surface area (Å²) in [6, 6.07) is 11.2. The topological polar surface area (TPSA) is 109 Å². The summed E-state index contributed by atoms with van der Waals surface area (Å²) in [5.41, 5.74) is 0.389. The summed E-state index contributed by atoms with van der Waals surface area (Å²) in [6.07, 6.45) is 2.82. The van der Waals surface area contributed by atoms with E-state index in [0.717, 1.165) is 11.3 Å². The Morgan fingerprint density at radius 3 is 2.83 bits per heavy atom. The fraction of sp³-hybridized carbons (Fsp3) is 0.0714. The van der Waals surface area contributed by atoms with Gasteiger partial charge in [0.1, 0.15) is 6.33 Å². The predicted molar refractivity (Wildman–Crippen MR) is 86.7 cm³/mol. The highest BCUT2D eigenvalue weighted by Crippen LogP contribution is 2.20. The fourth-order valence-corrected chi connectivity index (χ4v) is 2.62. The quantitative estimate of drug-likeness (QED) is 0.532. The van der Waals surface area contributed by atoms with Crippen LogP contribution in [0.3, 0.4) is 0 Å². The number of nitrogens with one attached hydrogen (secondary N) is 2. The number of aromatic amines is 2. The van der Waals surface area contributed by atoms with Crippen molar-refractivity contribution < 1.29 is 0 Å². The smallest absolute Gasteiger partial charge is 0.306 e. The molecule has 2 aromatic heterocycles. The van der Waals surface area contributed by atoms with Crippen molar-refractivity contribution in [3.8, 4) is 0 Å². The molecular formula is C14H12N6O2S. The van der Waals surface area contributed by atoms with Crippen LogP contribution in [0.2, 0.25) is 0 Å². The lowest BCUT2D eigenvalue weighted by atomic mass is 10.2. The minimum absolute atomic E-state index is 0.298. The molecule has 3 rings (SSSR count). The number of H-pyrrole nitrogens is 2. The highest BCUT2D eigenvalue weighted by molar-refractivity contribution is 7.98. The molecule has 0 aliphatic heterocycles. The third-order valence-corrected chi connectivity index (χ3v) is 3.82. The van der Waals surface area contributed by atoms with Crippen molar-refractivity contribution in [3.05, 3.63) is 74.8 Å². The summed E-state index contributed by atoms with van der Waals surface area (Å²) in [5, 5.41) is 12.6. The van der Waals surface area contributed by atoms with Crippen molar-refractivity contribution in [2.75, 3.05) is 0 Å². The lowest BCUT2D eigenvalue weighted by Crippen LogP contribution is -2.22. The minimum Gasteiger partial charge on any atom is -0.306 e. The van der Waals surface area contributed by atoms with Crippen LogP contribution >= 0.6 is 11.8 Å². The summed E-state index contributed by atoms with van der Waals surface area (Å²) in [6.45, 7) is 0. The Kier molecular flexibility index (Phi) is 4.48. The molecule has 1 aromatic carbocycles. The molecule has 2 N–H and O–H groups in total. The standard InChI is InChI=1S/C14H12N6O2S/c21-12-6-11(17-13(22)18-12)7-16-20-9-15-19-14(20)23-8-10-4-2-1-3-5-10/h1-7,9H,8H2,(H2,17,18,21,22)/b16-7+. The van der Waals surface area contributed by atoms with E-state index in [0.29, 0.717) is 10.9 Å². The summed E-state index contributed by atoms with van der Waals surface area (Å²) in [5.74, 6) is 0.733. The van der Waals surface area contributed by atoms with Crippen LogP contribution in [0.1, 0.15) is 11.3 Å². The van der Waals surface area contributed by atoms with Gasteiger partial charge in [-0.1, -0.05) is 42.1 Å². The van der Waals surface area contributed by atoms with E-state index in [1.165, 1.54) is 35.0 Å². The highest BCUT2D eigenvalue weighted by atomic mass is 32.2. The lowest BCUT2D eigenvalue weighted by Gasteiger charge is -2.01. The minimum atomic E-state index is -0.582. The second kappa shape index (κ2) is 6.88. The molecule has 0 radical (unpaired) electrons. The fourth-order valence-electron chi connectivity index (χ4n) is 1.80. The molecule has 0 fully saturated rings. The first kappa shape index (κ1) is 15.0. The van der Waals surface area contributed by atoms with Crippen molar-refractivity contribution in [1.82, 2.24) is 24.8 Å². The van der Waals surface area contributed by atoms with Gasteiger partial charge in [-0.3, -0.25) is 9.78 Å². The van der Waals surface area contributed by atoms with E-state index in [-0.39, 0.29) is 0 Å². The number of nitrogens with zero attached hydrogens (tertiary/aromatic N) is 4. The van der Waals surface area contributed by atoms with Gasteiger partial charge in [-0.2, -0.15) is 9.78 Å². The molecular weight excluding hydrogens is 316 g/mol. The van der Waals surface area contributed by atoms with Crippen LogP contribution < -0.4 is 11.2 Å². The average Bonchev–Trinajstić information content (AvgIpc) is 2.98. The van der Waals surface area contributed by atoms with Crippen LogP contribution in [0.5, 0.6) is 0 Å². The molecule has 23 heavy (non-hydrogen) atoms. The van der Waals surface area contributed by atoms with Crippen LogP contribution in [0.25, 0.3) is 0 Å². The van der Waals surface area contributed by atoms with E-state index in [1.807, 2.05) is 30.3 Å². The zero-order chi connectivity index (χ0) is 16.1. The van der Waals surface area contributed by atoms with Gasteiger partial charge in [-0.05, 0) is 5.56 Å². The van der Waals surface area contributed by atoms with Gasteiger partial charge in [0.15, 0.2) is 0 Å². The first-order chi connectivity index (χ1) is 11.2. The van der Waals surface area contributed by atoms with Gasteiger partial charge < -0.3 is 4.98 Å². The molecule has 0 aliphatic rings. The first-order valence-corrected chi connectivity index (χ1v) is 7.64. The molecule has 0 saturated carbocycles. The van der Waals surface area contributed by atoms with Gasteiger partial charge in [-0.25, -0.2) is 4.79 Å². The van der Waals surface area contributed by atoms with Crippen molar-refractivity contribution in [3.63, 3.8) is 0 Å². The van der Waals surface area contributed by atoms with Gasteiger partial charge >= 0.3 is 5.69 Å². The number of hydrogen-bond acceptors (Lipinski definition) is 6. The molecule has 3 aromatic rings. The number of rotatable bonds is 5. The summed E-state index contributed by atoms with van der Waals surface area (Å²) in [4.78, 5) is 27.0. The van der Waals surface area contributed by atoms with E-state index >= 15 is 0 Å². The molecule has 0 atom stereocenters. The average molecular weight is 328 g/mol. The molecule has 0 spiro atoms. The Morgan fingerprint density at radius 2 is 2.04 bits per heavy atom. The van der Waals surface area contributed by atoms with Crippen molar-refractivity contribution in [2.24, 2.45) is 5.10 Å². The molecule has 0 aliphatic carbocycles. The molecule has 116 valence electrons. The Bertz CT molecular complexity index is 900. The van der Waals surface area contributed by atoms with Crippen LogP contribution in [0.4, 0.5) is 0 Å². The van der Waals surface area contributed by atoms with Gasteiger partial charge in [0, 0.05) is 11.8 Å². The Morgan fingerprint density at radius 1 is 1.22 bits per heavy atom. The molecule has 2 heterocycles. The molecule has 0 saturated heterocycles. The molecule has 0 amide bonds. The largest absolute Gasteiger partial charge is 0.326 e. The summed E-state index contributed by atoms with van der Waals surface area (Å²) >= 11 is 1.48. The number of thioether (sulfide) groups is 1. The summed E-state index contributed by atoms with van der Waals surface area (Å²) in [7, 11) is 0. The van der Waals surface area contributed by atoms with Gasteiger partial charge in [0.25, 0.3) is 5.56 Å². The van der Waals surface area contributed by atoms with Gasteiger partial charge in [0.2, 0.25) is 5.16 Å². The zero-order valence-electron chi connectivity index (χ0n) is 11.8. The maximum Gasteiger partial charge on any atom is 0.326 e. The van der Waals surface area contributed by atoms with Crippen LogP contribution in [-0.2, 0) is 5.75 Å². The number of hydrogen-bond donors (Lipinski definition) is 2. The lowest BCUT2D eigenvalue weighted by molar-refractivity contribution is 0.766. The SMILES string of the molecule is O=c1cc(/C=N/n2cnnc2SCc2ccccc2)[nH]c(=O)[nH]1. The second-order valence-corrected chi connectivity index (χ2v) is 5.46. The van der Waals surface area contributed by atoms with Crippen molar-refractivity contribution in [2.45, 2.75) is 10.9 Å². The predicted octanol–water partition coefficient (Wildman–Crippen LogP) is 0.829. The van der Waals surface area contributed by atoms with Crippen LogP contribution in [0.15, 0.2) is 62.6 Å². The van der Waals surface area contributed by atoms with E-state index < -0.39 is 11.2 Å². The monoisotopic (exact) mass is 328 g/mol. The van der Waals surface area contributed by atoms with Gasteiger partial charge in [0.05, 0.1) is 11.9 Å². The number of benzene rings is 1. The normalized spacial score (nSPS) is 11.1. The molecule has 8 nitrogen and oxygen atoms in total. The molecule has 9 heteroatoms.